The van der Waals surface area contributed by atoms with Crippen LogP contribution < -0.4 is 5.32 Å². The first-order valence-electron chi connectivity index (χ1n) is 5.58. The van der Waals surface area contributed by atoms with E-state index in [1.807, 2.05) is 6.26 Å². The van der Waals surface area contributed by atoms with Crippen molar-refractivity contribution in [3.8, 4) is 0 Å². The Morgan fingerprint density at radius 3 is 2.71 bits per heavy atom. The minimum atomic E-state index is 0.515. The van der Waals surface area contributed by atoms with Gasteiger partial charge in [0.25, 0.3) is 0 Å². The first-order valence-corrected chi connectivity index (χ1v) is 5.58. The molecule has 0 spiro atoms. The van der Waals surface area contributed by atoms with Crippen LogP contribution in [-0.4, -0.2) is 7.05 Å². The smallest absolute Gasteiger partial charge is 0.0950 e. The summed E-state index contributed by atoms with van der Waals surface area (Å²) in [7, 11) is 2.06. The van der Waals surface area contributed by atoms with E-state index in [4.69, 9.17) is 4.42 Å². The van der Waals surface area contributed by atoms with E-state index in [1.165, 1.54) is 24.8 Å². The first kappa shape index (κ1) is 8.54. The van der Waals surface area contributed by atoms with Gasteiger partial charge in [0.15, 0.2) is 0 Å². The average Bonchev–Trinajstić information content (AvgIpc) is 2.70. The number of hydrogen-bond acceptors (Lipinski definition) is 2. The van der Waals surface area contributed by atoms with Gasteiger partial charge in [-0.15, -0.1) is 0 Å². The second-order valence-corrected chi connectivity index (χ2v) is 4.81. The number of furan rings is 1. The zero-order valence-electron chi connectivity index (χ0n) is 8.57. The molecular weight excluding hydrogens is 174 g/mol. The Balaban J connectivity index is 1.74. The topological polar surface area (TPSA) is 25.2 Å². The van der Waals surface area contributed by atoms with Crippen molar-refractivity contribution in [3.63, 3.8) is 0 Å². The van der Waals surface area contributed by atoms with Gasteiger partial charge in [0.05, 0.1) is 12.5 Å². The summed E-state index contributed by atoms with van der Waals surface area (Å²) in [5, 5.41) is 3.43. The Kier molecular flexibility index (Phi) is 1.91. The molecular formula is C12H17NO. The van der Waals surface area contributed by atoms with Gasteiger partial charge in [-0.25, -0.2) is 0 Å². The van der Waals surface area contributed by atoms with Crippen LogP contribution in [0, 0.1) is 17.8 Å². The van der Waals surface area contributed by atoms with Crippen molar-refractivity contribution in [2.45, 2.75) is 25.3 Å². The van der Waals surface area contributed by atoms with Crippen LogP contribution in [0.5, 0.6) is 0 Å². The van der Waals surface area contributed by atoms with E-state index in [9.17, 15) is 0 Å². The monoisotopic (exact) mass is 191 g/mol. The fourth-order valence-corrected chi connectivity index (χ4v) is 3.16. The van der Waals surface area contributed by atoms with Crippen molar-refractivity contribution >= 4 is 0 Å². The lowest BCUT2D eigenvalue weighted by Gasteiger charge is -2.23. The van der Waals surface area contributed by atoms with Gasteiger partial charge in [0.1, 0.15) is 0 Å². The molecule has 2 aliphatic carbocycles. The molecule has 0 aliphatic heterocycles. The molecule has 3 atom stereocenters. The molecule has 0 amide bonds. The molecule has 0 aromatic carbocycles. The number of hydrogen-bond donors (Lipinski definition) is 1. The van der Waals surface area contributed by atoms with Gasteiger partial charge in [-0.05, 0) is 50.1 Å². The second kappa shape index (κ2) is 3.13. The van der Waals surface area contributed by atoms with E-state index in [2.05, 4.69) is 18.4 Å². The lowest BCUT2D eigenvalue weighted by molar-refractivity contribution is 0.357. The summed E-state index contributed by atoms with van der Waals surface area (Å²) in [6.07, 6.45) is 7.99. The quantitative estimate of drug-likeness (QED) is 0.794. The Hall–Kier alpha value is -0.760. The Labute approximate surface area is 84.7 Å². The fourth-order valence-electron chi connectivity index (χ4n) is 3.16. The van der Waals surface area contributed by atoms with Gasteiger partial charge in [-0.1, -0.05) is 0 Å². The zero-order chi connectivity index (χ0) is 9.54. The van der Waals surface area contributed by atoms with Gasteiger partial charge in [-0.3, -0.25) is 0 Å². The predicted octanol–water partition coefficient (Wildman–Crippen LogP) is 2.59. The highest BCUT2D eigenvalue weighted by molar-refractivity contribution is 5.15. The van der Waals surface area contributed by atoms with Crippen LogP contribution in [-0.2, 0) is 0 Å². The van der Waals surface area contributed by atoms with Crippen LogP contribution >= 0.6 is 0 Å². The molecule has 1 heterocycles. The molecule has 1 N–H and O–H groups in total. The van der Waals surface area contributed by atoms with Gasteiger partial charge in [0.2, 0.25) is 0 Å². The third-order valence-corrected chi connectivity index (χ3v) is 3.96. The second-order valence-electron chi connectivity index (χ2n) is 4.81. The van der Waals surface area contributed by atoms with Gasteiger partial charge in [0, 0.05) is 11.6 Å². The molecule has 14 heavy (non-hydrogen) atoms. The van der Waals surface area contributed by atoms with E-state index in [-0.39, 0.29) is 0 Å². The van der Waals surface area contributed by atoms with Crippen LogP contribution in [0.15, 0.2) is 23.0 Å². The highest BCUT2D eigenvalue weighted by Crippen LogP contribution is 2.57. The van der Waals surface area contributed by atoms with Crippen LogP contribution in [0.25, 0.3) is 0 Å². The molecule has 0 radical (unpaired) electrons. The van der Waals surface area contributed by atoms with E-state index >= 15 is 0 Å². The normalized spacial score (nSPS) is 36.8. The summed E-state index contributed by atoms with van der Waals surface area (Å²) in [6.45, 7) is 0. The third-order valence-electron chi connectivity index (χ3n) is 3.96. The molecule has 2 aliphatic rings. The fraction of sp³-hybridized carbons (Fsp3) is 0.667. The minimum Gasteiger partial charge on any atom is -0.472 e. The van der Waals surface area contributed by atoms with Crippen molar-refractivity contribution in [1.29, 1.82) is 0 Å². The number of fused-ring (bicyclic) bond motifs is 1. The van der Waals surface area contributed by atoms with Gasteiger partial charge < -0.3 is 9.73 Å². The Bertz CT molecular complexity index is 296. The molecule has 0 bridgehead atoms. The number of nitrogens with one attached hydrogen (secondary N) is 1. The van der Waals surface area contributed by atoms with Crippen molar-refractivity contribution < 1.29 is 4.42 Å². The molecule has 2 fully saturated rings. The maximum absolute atomic E-state index is 5.15. The third kappa shape index (κ3) is 1.29. The summed E-state index contributed by atoms with van der Waals surface area (Å²) in [4.78, 5) is 0. The molecule has 3 unspecified atom stereocenters. The van der Waals surface area contributed by atoms with Crippen molar-refractivity contribution in [2.24, 2.45) is 17.8 Å². The van der Waals surface area contributed by atoms with E-state index in [0.29, 0.717) is 6.04 Å². The molecule has 2 nitrogen and oxygen atoms in total. The summed E-state index contributed by atoms with van der Waals surface area (Å²) >= 11 is 0. The predicted molar refractivity (Wildman–Crippen MR) is 54.8 cm³/mol. The van der Waals surface area contributed by atoms with Crippen molar-refractivity contribution in [3.05, 3.63) is 24.2 Å². The Morgan fingerprint density at radius 1 is 1.36 bits per heavy atom. The highest BCUT2D eigenvalue weighted by Gasteiger charge is 2.47. The Morgan fingerprint density at radius 2 is 2.14 bits per heavy atom. The van der Waals surface area contributed by atoms with Crippen LogP contribution in [0.4, 0.5) is 0 Å². The molecule has 1 aromatic rings. The molecule has 3 rings (SSSR count). The highest BCUT2D eigenvalue weighted by atomic mass is 16.3. The van der Waals surface area contributed by atoms with Crippen LogP contribution in [0.1, 0.15) is 30.9 Å². The summed E-state index contributed by atoms with van der Waals surface area (Å²) in [6, 6.07) is 2.60. The lowest BCUT2D eigenvalue weighted by Crippen LogP contribution is -2.24. The summed E-state index contributed by atoms with van der Waals surface area (Å²) in [5.41, 5.74) is 1.32. The van der Waals surface area contributed by atoms with Crippen LogP contribution in [0.3, 0.4) is 0 Å². The summed E-state index contributed by atoms with van der Waals surface area (Å²) in [5.74, 6) is 2.95. The van der Waals surface area contributed by atoms with E-state index in [0.717, 1.165) is 17.8 Å². The molecule has 76 valence electrons. The molecule has 0 saturated heterocycles. The maximum Gasteiger partial charge on any atom is 0.0950 e. The minimum absolute atomic E-state index is 0.515. The molecule has 2 saturated carbocycles. The van der Waals surface area contributed by atoms with E-state index in [1.54, 1.807) is 6.26 Å². The van der Waals surface area contributed by atoms with E-state index < -0.39 is 0 Å². The maximum atomic E-state index is 5.15. The average molecular weight is 191 g/mol. The largest absolute Gasteiger partial charge is 0.472 e. The molecule has 1 aromatic heterocycles. The van der Waals surface area contributed by atoms with Gasteiger partial charge >= 0.3 is 0 Å². The first-order chi connectivity index (χ1) is 6.88. The standard InChI is InChI=1S/C12H17NO/c1-13-12(8-2-3-14-7-8)11-5-9-4-10(9)6-11/h2-3,7,9-13H,4-6H2,1H3. The van der Waals surface area contributed by atoms with Gasteiger partial charge in [-0.2, -0.15) is 0 Å². The van der Waals surface area contributed by atoms with Crippen molar-refractivity contribution in [2.75, 3.05) is 7.05 Å². The van der Waals surface area contributed by atoms with Crippen molar-refractivity contribution in [1.82, 2.24) is 5.32 Å². The number of rotatable bonds is 3. The lowest BCUT2D eigenvalue weighted by atomic mass is 9.91. The molecule has 2 heteroatoms. The SMILES string of the molecule is CNC(c1ccoc1)C1CC2CC2C1. The van der Waals surface area contributed by atoms with Crippen LogP contribution in [0.2, 0.25) is 0 Å². The summed E-state index contributed by atoms with van der Waals surface area (Å²) < 4.78 is 5.15. The zero-order valence-corrected chi connectivity index (χ0v) is 8.57.